The number of nitro groups is 1. The molecule has 0 saturated carbocycles. The van der Waals surface area contributed by atoms with Crippen LogP contribution < -0.4 is 10.1 Å². The number of amides is 1. The lowest BCUT2D eigenvalue weighted by Crippen LogP contribution is -2.23. The van der Waals surface area contributed by atoms with E-state index in [0.29, 0.717) is 16.6 Å². The number of carbonyl (C=O) groups is 1. The summed E-state index contributed by atoms with van der Waals surface area (Å²) in [4.78, 5) is 22.9. The van der Waals surface area contributed by atoms with Crippen molar-refractivity contribution in [3.63, 3.8) is 0 Å². The molecule has 0 bridgehead atoms. The number of hydrogen-bond acceptors (Lipinski definition) is 8. The van der Waals surface area contributed by atoms with E-state index < -0.39 is 10.2 Å². The Morgan fingerprint density at radius 1 is 1.33 bits per heavy atom. The van der Waals surface area contributed by atoms with Crippen LogP contribution in [0.3, 0.4) is 0 Å². The summed E-state index contributed by atoms with van der Waals surface area (Å²) in [5.74, 6) is 0.228. The van der Waals surface area contributed by atoms with Gasteiger partial charge in [-0.15, -0.1) is 5.10 Å². The number of nitro benzene ring substituents is 1. The number of anilines is 1. The number of nitrogens with zero attached hydrogens (tertiary/aromatic N) is 5. The van der Waals surface area contributed by atoms with Gasteiger partial charge in [0.05, 0.1) is 28.0 Å². The van der Waals surface area contributed by atoms with E-state index in [1.165, 1.54) is 22.9 Å². The maximum absolute atomic E-state index is 12.6. The van der Waals surface area contributed by atoms with Crippen LogP contribution >= 0.6 is 23.4 Å². The molecule has 1 amide bonds. The predicted octanol–water partition coefficient (Wildman–Crippen LogP) is 3.66. The molecule has 0 spiro atoms. The highest BCUT2D eigenvalue weighted by molar-refractivity contribution is 8.00. The van der Waals surface area contributed by atoms with Gasteiger partial charge in [-0.25, -0.2) is 0 Å². The molecular weight excluding hydrogens is 432 g/mol. The Balaban J connectivity index is 1.77. The van der Waals surface area contributed by atoms with Gasteiger partial charge in [0.1, 0.15) is 11.4 Å². The van der Waals surface area contributed by atoms with Gasteiger partial charge in [0, 0.05) is 12.1 Å². The third-order valence-electron chi connectivity index (χ3n) is 4.08. The fourth-order valence-electron chi connectivity index (χ4n) is 2.53. The van der Waals surface area contributed by atoms with Crippen LogP contribution in [-0.2, 0) is 4.79 Å². The van der Waals surface area contributed by atoms with Gasteiger partial charge < -0.3 is 10.1 Å². The second-order valence-electron chi connectivity index (χ2n) is 6.22. The highest BCUT2D eigenvalue weighted by Gasteiger charge is 2.22. The Kier molecular flexibility index (Phi) is 6.53. The topological polar surface area (TPSA) is 125 Å². The van der Waals surface area contributed by atoms with Gasteiger partial charge >= 0.3 is 0 Å². The van der Waals surface area contributed by atoms with Crippen LogP contribution in [0, 0.1) is 17.0 Å². The molecule has 0 aliphatic rings. The van der Waals surface area contributed by atoms with Crippen molar-refractivity contribution in [2.45, 2.75) is 24.3 Å². The zero-order valence-corrected chi connectivity index (χ0v) is 17.8. The number of aromatic nitrogens is 4. The summed E-state index contributed by atoms with van der Waals surface area (Å²) in [7, 11) is 1.55. The Bertz CT molecular complexity index is 1110. The van der Waals surface area contributed by atoms with Gasteiger partial charge in [-0.05, 0) is 48.0 Å². The molecule has 0 fully saturated rings. The Labute approximate surface area is 180 Å². The first-order valence-corrected chi connectivity index (χ1v) is 9.90. The molecule has 0 radical (unpaired) electrons. The summed E-state index contributed by atoms with van der Waals surface area (Å²) in [6.45, 7) is 3.62. The molecule has 1 N–H and O–H groups in total. The Morgan fingerprint density at radius 3 is 2.77 bits per heavy atom. The van der Waals surface area contributed by atoms with Crippen LogP contribution in [-0.4, -0.2) is 43.4 Å². The van der Waals surface area contributed by atoms with E-state index in [-0.39, 0.29) is 22.3 Å². The minimum absolute atomic E-state index is 0.0732. The molecule has 0 aliphatic carbocycles. The molecule has 1 heterocycles. The monoisotopic (exact) mass is 448 g/mol. The maximum atomic E-state index is 12.6. The molecule has 0 saturated heterocycles. The third-order valence-corrected chi connectivity index (χ3v) is 5.42. The highest BCUT2D eigenvalue weighted by Crippen LogP contribution is 2.30. The van der Waals surface area contributed by atoms with Gasteiger partial charge in [0.25, 0.3) is 5.69 Å². The lowest BCUT2D eigenvalue weighted by atomic mass is 10.2. The van der Waals surface area contributed by atoms with Crippen molar-refractivity contribution >= 4 is 40.6 Å². The number of carbonyl (C=O) groups excluding carboxylic acids is 1. The second-order valence-corrected chi connectivity index (χ2v) is 7.93. The van der Waals surface area contributed by atoms with E-state index in [1.54, 1.807) is 14.0 Å². The van der Waals surface area contributed by atoms with Crippen LogP contribution in [0.15, 0.2) is 41.6 Å². The van der Waals surface area contributed by atoms with Crippen LogP contribution in [0.4, 0.5) is 11.4 Å². The number of hydrogen-bond donors (Lipinski definition) is 1. The van der Waals surface area contributed by atoms with Crippen LogP contribution in [0.25, 0.3) is 5.69 Å². The lowest BCUT2D eigenvalue weighted by Gasteiger charge is -2.14. The molecule has 12 heteroatoms. The van der Waals surface area contributed by atoms with Crippen LogP contribution in [0.2, 0.25) is 5.02 Å². The van der Waals surface area contributed by atoms with Crippen molar-refractivity contribution in [3.05, 3.63) is 57.1 Å². The number of methoxy groups -OCH3 is 1. The lowest BCUT2D eigenvalue weighted by molar-refractivity contribution is -0.384. The van der Waals surface area contributed by atoms with Gasteiger partial charge in [-0.1, -0.05) is 29.4 Å². The van der Waals surface area contributed by atoms with Gasteiger partial charge in [-0.2, -0.15) is 4.68 Å². The summed E-state index contributed by atoms with van der Waals surface area (Å²) in [5.41, 5.74) is 1.76. The average molecular weight is 449 g/mol. The van der Waals surface area contributed by atoms with E-state index in [1.807, 2.05) is 25.1 Å². The number of aryl methyl sites for hydroxylation is 1. The van der Waals surface area contributed by atoms with Gasteiger partial charge in [0.2, 0.25) is 11.1 Å². The quantitative estimate of drug-likeness (QED) is 0.329. The van der Waals surface area contributed by atoms with Crippen molar-refractivity contribution in [2.75, 3.05) is 12.4 Å². The molecular formula is C18H17ClN6O4S. The molecule has 1 unspecified atom stereocenters. The van der Waals surface area contributed by atoms with Crippen LogP contribution in [0.1, 0.15) is 12.5 Å². The van der Waals surface area contributed by atoms with Crippen molar-refractivity contribution in [2.24, 2.45) is 0 Å². The zero-order chi connectivity index (χ0) is 21.8. The summed E-state index contributed by atoms with van der Waals surface area (Å²) < 4.78 is 6.88. The third kappa shape index (κ3) is 4.69. The summed E-state index contributed by atoms with van der Waals surface area (Å²) in [6, 6.07) is 9.43. The van der Waals surface area contributed by atoms with Crippen molar-refractivity contribution < 1.29 is 14.5 Å². The van der Waals surface area contributed by atoms with Gasteiger partial charge in [-0.3, -0.25) is 14.9 Å². The molecule has 1 atom stereocenters. The molecule has 10 nitrogen and oxygen atoms in total. The largest absolute Gasteiger partial charge is 0.494 e. The highest BCUT2D eigenvalue weighted by atomic mass is 35.5. The molecule has 3 rings (SSSR count). The number of non-ortho nitro benzene ring substituents is 1. The predicted molar refractivity (Wildman–Crippen MR) is 112 cm³/mol. The summed E-state index contributed by atoms with van der Waals surface area (Å²) >= 11 is 7.19. The number of tetrazole rings is 1. The molecule has 3 aromatic rings. The average Bonchev–Trinajstić information content (AvgIpc) is 3.17. The fraction of sp³-hybridized carbons (Fsp3) is 0.222. The van der Waals surface area contributed by atoms with Crippen molar-refractivity contribution in [1.82, 2.24) is 20.2 Å². The number of thioether (sulfide) groups is 1. The first-order valence-electron chi connectivity index (χ1n) is 8.65. The standard InChI is InChI=1S/C18H17ClN6O4S/c1-10-4-7-16(29-3)15(8-10)24-18(21-22-23-24)30-11(2)17(26)20-14-6-5-12(25(27)28)9-13(14)19/h4-9,11H,1-3H3,(H,20,26). The first-order chi connectivity index (χ1) is 14.3. The molecule has 2 aromatic carbocycles. The number of halogens is 1. The normalized spacial score (nSPS) is 11.7. The van der Waals surface area contributed by atoms with E-state index in [4.69, 9.17) is 16.3 Å². The van der Waals surface area contributed by atoms with E-state index in [9.17, 15) is 14.9 Å². The number of nitrogens with one attached hydrogen (secondary N) is 1. The van der Waals surface area contributed by atoms with Crippen LogP contribution in [0.5, 0.6) is 5.75 Å². The molecule has 156 valence electrons. The molecule has 1 aromatic heterocycles. The summed E-state index contributed by atoms with van der Waals surface area (Å²) in [6.07, 6.45) is 0. The van der Waals surface area contributed by atoms with E-state index in [2.05, 4.69) is 20.8 Å². The maximum Gasteiger partial charge on any atom is 0.271 e. The molecule has 0 aliphatic heterocycles. The first kappa shape index (κ1) is 21.5. The minimum Gasteiger partial charge on any atom is -0.494 e. The van der Waals surface area contributed by atoms with Crippen molar-refractivity contribution in [1.29, 1.82) is 0 Å². The smallest absolute Gasteiger partial charge is 0.271 e. The SMILES string of the molecule is COc1ccc(C)cc1-n1nnnc1SC(C)C(=O)Nc1ccc([N+](=O)[O-])cc1Cl. The summed E-state index contributed by atoms with van der Waals surface area (Å²) in [5, 5.41) is 25.1. The fourth-order valence-corrected chi connectivity index (χ4v) is 3.56. The Hall–Kier alpha value is -3.18. The van der Waals surface area contributed by atoms with E-state index >= 15 is 0 Å². The van der Waals surface area contributed by atoms with Gasteiger partial charge in [0.15, 0.2) is 0 Å². The Morgan fingerprint density at radius 2 is 2.10 bits per heavy atom. The minimum atomic E-state index is -0.586. The second kappa shape index (κ2) is 9.09. The van der Waals surface area contributed by atoms with E-state index in [0.717, 1.165) is 17.3 Å². The molecule has 30 heavy (non-hydrogen) atoms. The number of rotatable bonds is 7. The number of ether oxygens (including phenoxy) is 1. The number of benzene rings is 2. The zero-order valence-electron chi connectivity index (χ0n) is 16.2. The van der Waals surface area contributed by atoms with Crippen molar-refractivity contribution in [3.8, 4) is 11.4 Å².